The highest BCUT2D eigenvalue weighted by molar-refractivity contribution is 6.06. The van der Waals surface area contributed by atoms with Gasteiger partial charge in [-0.25, -0.2) is 4.98 Å². The van der Waals surface area contributed by atoms with Gasteiger partial charge in [0.1, 0.15) is 6.26 Å². The van der Waals surface area contributed by atoms with Crippen LogP contribution in [0.15, 0.2) is 53.3 Å². The molecular formula is C27H31N5O4. The summed E-state index contributed by atoms with van der Waals surface area (Å²) in [5.41, 5.74) is 3.46. The first kappa shape index (κ1) is 24.0. The first-order chi connectivity index (χ1) is 17.1. The summed E-state index contributed by atoms with van der Waals surface area (Å²) in [7, 11) is 0. The van der Waals surface area contributed by atoms with Crippen LogP contribution in [0.4, 0.5) is 11.4 Å². The Labute approximate surface area is 209 Å². The van der Waals surface area contributed by atoms with Gasteiger partial charge >= 0.3 is 0 Å². The van der Waals surface area contributed by atoms with Crippen molar-refractivity contribution in [2.75, 3.05) is 23.3 Å². The van der Waals surface area contributed by atoms with Crippen molar-refractivity contribution < 1.29 is 19.4 Å². The molecular weight excluding hydrogens is 458 g/mol. The highest BCUT2D eigenvalue weighted by Crippen LogP contribution is 2.34. The molecule has 4 aromatic rings. The summed E-state index contributed by atoms with van der Waals surface area (Å²) < 4.78 is 7.40. The van der Waals surface area contributed by atoms with E-state index >= 15 is 0 Å². The number of rotatable bonds is 7. The van der Waals surface area contributed by atoms with Gasteiger partial charge in [0.2, 0.25) is 5.89 Å². The number of aryl methyl sites for hydroxylation is 2. The summed E-state index contributed by atoms with van der Waals surface area (Å²) in [6.45, 7) is 7.26. The molecule has 1 aliphatic rings. The van der Waals surface area contributed by atoms with Crippen molar-refractivity contribution in [3.63, 3.8) is 0 Å². The van der Waals surface area contributed by atoms with E-state index in [9.17, 15) is 15.0 Å². The van der Waals surface area contributed by atoms with E-state index < -0.39 is 11.7 Å². The summed E-state index contributed by atoms with van der Waals surface area (Å²) in [5, 5.41) is 28.7. The van der Waals surface area contributed by atoms with Crippen LogP contribution in [0, 0.1) is 6.92 Å². The number of carbonyl (C=O) groups is 1. The van der Waals surface area contributed by atoms with E-state index in [1.165, 1.54) is 6.26 Å². The molecule has 5 rings (SSSR count). The van der Waals surface area contributed by atoms with E-state index in [0.717, 1.165) is 27.7 Å². The van der Waals surface area contributed by atoms with Gasteiger partial charge in [0.05, 0.1) is 28.6 Å². The first-order valence-electron chi connectivity index (χ1n) is 12.2. The fraction of sp³-hybridized carbons (Fsp3) is 0.370. The van der Waals surface area contributed by atoms with Gasteiger partial charge in [-0.1, -0.05) is 17.7 Å². The number of aliphatic hydroxyl groups is 2. The first-order valence-corrected chi connectivity index (χ1v) is 12.2. The highest BCUT2D eigenvalue weighted by atomic mass is 16.3. The Balaban J connectivity index is 1.44. The predicted molar refractivity (Wildman–Crippen MR) is 138 cm³/mol. The SMILES string of the molecule is Cc1cccc(-c2nc(C(=O)Nc3cc4cn(CCC(C)(C)O)nc4cc3N3CCC(O)C3)co2)c1. The zero-order valence-corrected chi connectivity index (χ0v) is 20.7. The molecule has 0 bridgehead atoms. The highest BCUT2D eigenvalue weighted by Gasteiger charge is 2.25. The number of nitrogens with zero attached hydrogens (tertiary/aromatic N) is 4. The second-order valence-corrected chi connectivity index (χ2v) is 10.1. The van der Waals surface area contributed by atoms with Crippen LogP contribution in [-0.4, -0.2) is 55.7 Å². The number of aromatic nitrogens is 3. The number of hydrogen-bond acceptors (Lipinski definition) is 7. The monoisotopic (exact) mass is 489 g/mol. The van der Waals surface area contributed by atoms with Crippen LogP contribution in [0.1, 0.15) is 42.7 Å². The third kappa shape index (κ3) is 5.27. The minimum absolute atomic E-state index is 0.180. The van der Waals surface area contributed by atoms with E-state index in [0.29, 0.717) is 44.1 Å². The zero-order valence-electron chi connectivity index (χ0n) is 20.7. The van der Waals surface area contributed by atoms with Crippen LogP contribution in [0.3, 0.4) is 0 Å². The van der Waals surface area contributed by atoms with Crippen molar-refractivity contribution in [3.8, 4) is 11.5 Å². The molecule has 3 heterocycles. The Kier molecular flexibility index (Phi) is 6.27. The molecule has 36 heavy (non-hydrogen) atoms. The maximum atomic E-state index is 13.2. The number of fused-ring (bicyclic) bond motifs is 1. The largest absolute Gasteiger partial charge is 0.444 e. The lowest BCUT2D eigenvalue weighted by molar-refractivity contribution is 0.0651. The fourth-order valence-electron chi connectivity index (χ4n) is 4.41. The van der Waals surface area contributed by atoms with Crippen LogP contribution in [-0.2, 0) is 6.54 Å². The molecule has 9 heteroatoms. The van der Waals surface area contributed by atoms with Crippen LogP contribution < -0.4 is 10.2 Å². The van der Waals surface area contributed by atoms with Crippen molar-refractivity contribution in [1.82, 2.24) is 14.8 Å². The molecule has 3 N–H and O–H groups in total. The molecule has 0 radical (unpaired) electrons. The minimum Gasteiger partial charge on any atom is -0.444 e. The maximum absolute atomic E-state index is 13.2. The molecule has 2 aromatic carbocycles. The van der Waals surface area contributed by atoms with Gasteiger partial charge < -0.3 is 24.8 Å². The zero-order chi connectivity index (χ0) is 25.4. The number of hydrogen-bond donors (Lipinski definition) is 3. The van der Waals surface area contributed by atoms with E-state index in [1.807, 2.05) is 54.2 Å². The lowest BCUT2D eigenvalue weighted by Gasteiger charge is -2.21. The van der Waals surface area contributed by atoms with E-state index in [4.69, 9.17) is 4.42 Å². The summed E-state index contributed by atoms with van der Waals surface area (Å²) >= 11 is 0. The van der Waals surface area contributed by atoms with Crippen molar-refractivity contribution in [3.05, 3.63) is 60.1 Å². The molecule has 0 saturated carbocycles. The number of nitrogens with one attached hydrogen (secondary N) is 1. The van der Waals surface area contributed by atoms with Gasteiger partial charge in [0.25, 0.3) is 5.91 Å². The molecule has 1 fully saturated rings. The lowest BCUT2D eigenvalue weighted by Crippen LogP contribution is -2.23. The van der Waals surface area contributed by atoms with Crippen molar-refractivity contribution in [1.29, 1.82) is 0 Å². The van der Waals surface area contributed by atoms with Crippen LogP contribution in [0.5, 0.6) is 0 Å². The van der Waals surface area contributed by atoms with E-state index in [-0.39, 0.29) is 11.6 Å². The van der Waals surface area contributed by atoms with E-state index in [2.05, 4.69) is 20.3 Å². The quantitative estimate of drug-likeness (QED) is 0.359. The number of carbonyl (C=O) groups excluding carboxylic acids is 1. The summed E-state index contributed by atoms with van der Waals surface area (Å²) in [4.78, 5) is 19.6. The Bertz CT molecular complexity index is 1400. The molecule has 0 spiro atoms. The lowest BCUT2D eigenvalue weighted by atomic mass is 10.1. The molecule has 1 atom stereocenters. The van der Waals surface area contributed by atoms with Crippen molar-refractivity contribution >= 4 is 28.2 Å². The molecule has 1 aliphatic heterocycles. The van der Waals surface area contributed by atoms with Gasteiger partial charge in [-0.2, -0.15) is 5.10 Å². The fourth-order valence-corrected chi connectivity index (χ4v) is 4.41. The summed E-state index contributed by atoms with van der Waals surface area (Å²) in [6, 6.07) is 11.6. The molecule has 1 amide bonds. The third-order valence-electron chi connectivity index (χ3n) is 6.38. The Hall–Kier alpha value is -3.69. The van der Waals surface area contributed by atoms with Gasteiger partial charge in [-0.3, -0.25) is 9.48 Å². The molecule has 1 saturated heterocycles. The average Bonchev–Trinajstić information content (AvgIpc) is 3.56. The summed E-state index contributed by atoms with van der Waals surface area (Å²) in [6.07, 6.45) is 4.07. The average molecular weight is 490 g/mol. The molecule has 1 unspecified atom stereocenters. The topological polar surface area (TPSA) is 117 Å². The van der Waals surface area contributed by atoms with Gasteiger partial charge in [0, 0.05) is 36.8 Å². The Morgan fingerprint density at radius 3 is 2.83 bits per heavy atom. The van der Waals surface area contributed by atoms with E-state index in [1.54, 1.807) is 13.8 Å². The predicted octanol–water partition coefficient (Wildman–Crippen LogP) is 3.98. The van der Waals surface area contributed by atoms with Gasteiger partial charge in [-0.15, -0.1) is 0 Å². The van der Waals surface area contributed by atoms with Crippen LogP contribution in [0.25, 0.3) is 22.4 Å². The molecule has 0 aliphatic carbocycles. The second-order valence-electron chi connectivity index (χ2n) is 10.1. The van der Waals surface area contributed by atoms with Crippen molar-refractivity contribution in [2.24, 2.45) is 0 Å². The minimum atomic E-state index is -0.789. The van der Waals surface area contributed by atoms with Crippen LogP contribution in [0.2, 0.25) is 0 Å². The number of oxazole rings is 1. The molecule has 188 valence electrons. The summed E-state index contributed by atoms with van der Waals surface area (Å²) in [5.74, 6) is 0.00250. The van der Waals surface area contributed by atoms with Crippen molar-refractivity contribution in [2.45, 2.75) is 51.9 Å². The standard InChI is InChI=1S/C27H31N5O4/c1-17-5-4-6-18(11-17)26-29-23(16-36-26)25(34)28-22-12-19-14-32(10-8-27(2,3)35)30-21(19)13-24(22)31-9-7-20(33)15-31/h4-6,11-14,16,20,33,35H,7-10,15H2,1-3H3,(H,28,34). The van der Waals surface area contributed by atoms with Crippen LogP contribution >= 0.6 is 0 Å². The third-order valence-corrected chi connectivity index (χ3v) is 6.38. The number of benzene rings is 2. The molecule has 9 nitrogen and oxygen atoms in total. The smallest absolute Gasteiger partial charge is 0.277 e. The van der Waals surface area contributed by atoms with Gasteiger partial charge in [-0.05, 0) is 57.9 Å². The maximum Gasteiger partial charge on any atom is 0.277 e. The second kappa shape index (κ2) is 9.40. The number of β-amino-alcohol motifs (C(OH)–C–C–N with tert-alkyl or cyclic N) is 1. The number of aliphatic hydroxyl groups excluding tert-OH is 1. The normalized spacial score (nSPS) is 16.1. The Morgan fingerprint density at radius 1 is 1.28 bits per heavy atom. The van der Waals surface area contributed by atoms with Gasteiger partial charge in [0.15, 0.2) is 5.69 Å². The molecule has 2 aromatic heterocycles. The number of amides is 1. The Morgan fingerprint density at radius 2 is 2.11 bits per heavy atom. The number of anilines is 2.